The van der Waals surface area contributed by atoms with Crippen LogP contribution >= 0.6 is 11.8 Å². The highest BCUT2D eigenvalue weighted by molar-refractivity contribution is 8.18. The average Bonchev–Trinajstić information content (AvgIpc) is 3.00. The normalized spacial score (nSPS) is 16.5. The van der Waals surface area contributed by atoms with Crippen LogP contribution in [0.3, 0.4) is 0 Å². The maximum absolute atomic E-state index is 12.5. The van der Waals surface area contributed by atoms with Gasteiger partial charge in [-0.05, 0) is 49.8 Å². The zero-order valence-corrected chi connectivity index (χ0v) is 17.1. The smallest absolute Gasteiger partial charge is 0.344 e. The van der Waals surface area contributed by atoms with Crippen molar-refractivity contribution in [2.45, 2.75) is 13.8 Å². The number of benzene rings is 2. The van der Waals surface area contributed by atoms with Crippen molar-refractivity contribution in [1.82, 2.24) is 0 Å². The molecule has 1 heterocycles. The fourth-order valence-corrected chi connectivity index (χ4v) is 3.73. The molecule has 0 saturated carbocycles. The number of phenolic OH excluding ortho intramolecular Hbond substituents is 1. The van der Waals surface area contributed by atoms with E-state index in [0.29, 0.717) is 26.9 Å². The van der Waals surface area contributed by atoms with E-state index in [-0.39, 0.29) is 23.7 Å². The number of nitrogens with zero attached hydrogens (tertiary/aromatic N) is 1. The lowest BCUT2D eigenvalue weighted by Crippen LogP contribution is -2.12. The first-order valence-corrected chi connectivity index (χ1v) is 9.78. The third kappa shape index (κ3) is 4.46. The summed E-state index contributed by atoms with van der Waals surface area (Å²) in [6, 6.07) is 12.3. The van der Waals surface area contributed by atoms with E-state index in [0.717, 1.165) is 17.3 Å². The van der Waals surface area contributed by atoms with E-state index < -0.39 is 5.97 Å². The van der Waals surface area contributed by atoms with E-state index in [1.54, 1.807) is 25.1 Å². The Labute approximate surface area is 173 Å². The SMILES string of the molecule is CCOC(=O)C1=C(O)C(=Cc2cc(OC)ccc2O)SC1=Nc1ccccc1C. The molecule has 0 aromatic heterocycles. The Balaban J connectivity index is 2.09. The van der Waals surface area contributed by atoms with Gasteiger partial charge in [-0.3, -0.25) is 0 Å². The highest BCUT2D eigenvalue weighted by atomic mass is 32.2. The lowest BCUT2D eigenvalue weighted by molar-refractivity contribution is -0.138. The molecule has 0 aliphatic carbocycles. The third-order valence-corrected chi connectivity index (χ3v) is 5.25. The van der Waals surface area contributed by atoms with Gasteiger partial charge in [-0.25, -0.2) is 9.79 Å². The maximum Gasteiger partial charge on any atom is 0.344 e. The molecule has 0 amide bonds. The van der Waals surface area contributed by atoms with Crippen molar-refractivity contribution in [3.8, 4) is 11.5 Å². The van der Waals surface area contributed by atoms with Crippen LogP contribution in [0.25, 0.3) is 6.08 Å². The second kappa shape index (κ2) is 8.87. The monoisotopic (exact) mass is 411 g/mol. The van der Waals surface area contributed by atoms with Gasteiger partial charge in [-0.1, -0.05) is 30.0 Å². The summed E-state index contributed by atoms with van der Waals surface area (Å²) < 4.78 is 10.3. The van der Waals surface area contributed by atoms with Gasteiger partial charge in [0.25, 0.3) is 0 Å². The van der Waals surface area contributed by atoms with Crippen LogP contribution in [0.4, 0.5) is 5.69 Å². The van der Waals surface area contributed by atoms with Gasteiger partial charge in [0.1, 0.15) is 27.9 Å². The Bertz CT molecular complexity index is 1040. The van der Waals surface area contributed by atoms with E-state index in [1.165, 1.54) is 13.2 Å². The van der Waals surface area contributed by atoms with Crippen molar-refractivity contribution in [3.05, 3.63) is 69.8 Å². The second-order valence-corrected chi connectivity index (χ2v) is 7.21. The van der Waals surface area contributed by atoms with Gasteiger partial charge in [0.15, 0.2) is 0 Å². The summed E-state index contributed by atoms with van der Waals surface area (Å²) in [5, 5.41) is 21.2. The number of rotatable bonds is 5. The Morgan fingerprint density at radius 2 is 1.97 bits per heavy atom. The molecule has 7 heteroatoms. The van der Waals surface area contributed by atoms with Gasteiger partial charge in [-0.15, -0.1) is 0 Å². The lowest BCUT2D eigenvalue weighted by Gasteiger charge is -2.05. The highest BCUT2D eigenvalue weighted by Crippen LogP contribution is 2.41. The standard InChI is InChI=1S/C22H21NO5S/c1-4-28-22(26)19-20(25)18(12-14-11-15(27-3)9-10-17(14)24)29-21(19)23-16-8-6-5-7-13(16)2/h5-12,24-25H,4H2,1-3H3. The molecule has 29 heavy (non-hydrogen) atoms. The molecule has 6 nitrogen and oxygen atoms in total. The van der Waals surface area contributed by atoms with Crippen LogP contribution < -0.4 is 4.74 Å². The summed E-state index contributed by atoms with van der Waals surface area (Å²) in [7, 11) is 1.52. The van der Waals surface area contributed by atoms with Crippen LogP contribution in [0.5, 0.6) is 11.5 Å². The second-order valence-electron chi connectivity index (χ2n) is 6.18. The van der Waals surface area contributed by atoms with Gasteiger partial charge in [0.2, 0.25) is 0 Å². The largest absolute Gasteiger partial charge is 0.507 e. The topological polar surface area (TPSA) is 88.4 Å². The summed E-state index contributed by atoms with van der Waals surface area (Å²) in [4.78, 5) is 17.4. The van der Waals surface area contributed by atoms with Crippen molar-refractivity contribution in [3.63, 3.8) is 0 Å². The van der Waals surface area contributed by atoms with Crippen molar-refractivity contribution in [1.29, 1.82) is 0 Å². The predicted molar refractivity (Wildman–Crippen MR) is 115 cm³/mol. The molecular weight excluding hydrogens is 390 g/mol. The molecule has 0 spiro atoms. The minimum Gasteiger partial charge on any atom is -0.507 e. The summed E-state index contributed by atoms with van der Waals surface area (Å²) in [5.74, 6) is -0.305. The van der Waals surface area contributed by atoms with Crippen LogP contribution in [-0.4, -0.2) is 34.9 Å². The number of aliphatic hydroxyl groups excluding tert-OH is 1. The molecule has 2 aromatic rings. The fourth-order valence-electron chi connectivity index (χ4n) is 2.71. The molecule has 1 aliphatic rings. The highest BCUT2D eigenvalue weighted by Gasteiger charge is 2.33. The number of carbonyl (C=O) groups excluding carboxylic acids is 1. The molecule has 0 radical (unpaired) electrons. The summed E-state index contributed by atoms with van der Waals surface area (Å²) in [6.45, 7) is 3.78. The van der Waals surface area contributed by atoms with E-state index >= 15 is 0 Å². The molecule has 150 valence electrons. The van der Waals surface area contributed by atoms with Crippen LogP contribution in [0, 0.1) is 6.92 Å². The van der Waals surface area contributed by atoms with Crippen LogP contribution in [-0.2, 0) is 9.53 Å². The first-order chi connectivity index (χ1) is 13.9. The van der Waals surface area contributed by atoms with Gasteiger partial charge < -0.3 is 19.7 Å². The Morgan fingerprint density at radius 1 is 1.21 bits per heavy atom. The number of aryl methyl sites for hydroxylation is 1. The fraction of sp³-hybridized carbons (Fsp3) is 0.182. The summed E-state index contributed by atoms with van der Waals surface area (Å²) in [5.41, 5.74) is 2.08. The van der Waals surface area contributed by atoms with Crippen LogP contribution in [0.2, 0.25) is 0 Å². The third-order valence-electron chi connectivity index (χ3n) is 4.23. The minimum atomic E-state index is -0.650. The Kier molecular flexibility index (Phi) is 6.29. The first-order valence-electron chi connectivity index (χ1n) is 8.96. The zero-order chi connectivity index (χ0) is 21.0. The molecule has 2 N–H and O–H groups in total. The van der Waals surface area contributed by atoms with E-state index in [4.69, 9.17) is 9.47 Å². The van der Waals surface area contributed by atoms with Crippen LogP contribution in [0.15, 0.2) is 63.7 Å². The number of phenols is 1. The molecular formula is C22H21NO5S. The average molecular weight is 411 g/mol. The number of ether oxygens (including phenoxy) is 2. The summed E-state index contributed by atoms with van der Waals surface area (Å²) in [6.07, 6.45) is 1.58. The number of aliphatic imine (C=N–C) groups is 1. The number of esters is 1. The van der Waals surface area contributed by atoms with Gasteiger partial charge in [0, 0.05) is 5.56 Å². The molecule has 0 unspecified atom stereocenters. The van der Waals surface area contributed by atoms with Crippen molar-refractivity contribution < 1.29 is 24.5 Å². The van der Waals surface area contributed by atoms with Crippen molar-refractivity contribution in [2.24, 2.45) is 4.99 Å². The number of hydrogen-bond acceptors (Lipinski definition) is 7. The molecule has 1 aliphatic heterocycles. The van der Waals surface area contributed by atoms with Crippen LogP contribution in [0.1, 0.15) is 18.1 Å². The first kappa shape index (κ1) is 20.5. The number of aromatic hydroxyl groups is 1. The molecule has 0 fully saturated rings. The summed E-state index contributed by atoms with van der Waals surface area (Å²) >= 11 is 1.14. The number of thioether (sulfide) groups is 1. The van der Waals surface area contributed by atoms with Gasteiger partial charge >= 0.3 is 5.97 Å². The Hall–Kier alpha value is -3.19. The number of aliphatic hydroxyl groups is 1. The van der Waals surface area contributed by atoms with E-state index in [9.17, 15) is 15.0 Å². The number of methoxy groups -OCH3 is 1. The van der Waals surface area contributed by atoms with Crippen molar-refractivity contribution >= 4 is 34.5 Å². The van der Waals surface area contributed by atoms with E-state index in [1.807, 2.05) is 31.2 Å². The molecule has 0 bridgehead atoms. The molecule has 2 aromatic carbocycles. The Morgan fingerprint density at radius 3 is 2.66 bits per heavy atom. The number of para-hydroxylation sites is 1. The molecule has 3 rings (SSSR count). The number of hydrogen-bond donors (Lipinski definition) is 2. The quantitative estimate of drug-likeness (QED) is 0.680. The predicted octanol–water partition coefficient (Wildman–Crippen LogP) is 4.90. The molecule has 0 atom stereocenters. The van der Waals surface area contributed by atoms with Gasteiger partial charge in [0.05, 0.1) is 24.3 Å². The van der Waals surface area contributed by atoms with E-state index in [2.05, 4.69) is 4.99 Å². The lowest BCUT2D eigenvalue weighted by atomic mass is 10.1. The zero-order valence-electron chi connectivity index (χ0n) is 16.3. The van der Waals surface area contributed by atoms with Crippen molar-refractivity contribution in [2.75, 3.05) is 13.7 Å². The number of carbonyl (C=O) groups is 1. The van der Waals surface area contributed by atoms with Gasteiger partial charge in [-0.2, -0.15) is 0 Å². The maximum atomic E-state index is 12.5. The molecule has 0 saturated heterocycles. The minimum absolute atomic E-state index is 0.00809.